The Morgan fingerprint density at radius 1 is 1.11 bits per heavy atom. The summed E-state index contributed by atoms with van der Waals surface area (Å²) in [6.45, 7) is 7.89. The van der Waals surface area contributed by atoms with E-state index < -0.39 is 16.8 Å². The van der Waals surface area contributed by atoms with Gasteiger partial charge in [0.15, 0.2) is 0 Å². The van der Waals surface area contributed by atoms with Crippen molar-refractivity contribution in [1.29, 1.82) is 0 Å². The fourth-order valence-corrected chi connectivity index (χ4v) is 3.20. The molecule has 0 aliphatic carbocycles. The molecule has 0 saturated carbocycles. The third-order valence-corrected chi connectivity index (χ3v) is 6.11. The number of ether oxygens (including phenoxy) is 1. The number of nitrogens with one attached hydrogen (secondary N) is 1. The van der Waals surface area contributed by atoms with Crippen LogP contribution in [0.4, 0.5) is 5.69 Å². The maximum Gasteiger partial charge on any atom is 0.309 e. The number of aromatic nitrogens is 1. The number of carboxylic acids is 1. The molecule has 0 spiro atoms. The van der Waals surface area contributed by atoms with Crippen LogP contribution in [0.1, 0.15) is 27.7 Å². The molecule has 5 nitrogen and oxygen atoms in total. The minimum Gasteiger partial charge on any atom is -0.497 e. The fourth-order valence-electron chi connectivity index (χ4n) is 3.03. The summed E-state index contributed by atoms with van der Waals surface area (Å²) < 4.78 is 5.39. The number of benzene rings is 2. The lowest BCUT2D eigenvalue weighted by Gasteiger charge is -2.38. The molecule has 0 amide bonds. The smallest absolute Gasteiger partial charge is 0.309 e. The molecule has 28 heavy (non-hydrogen) atoms. The number of fused-ring (bicyclic) bond motifs is 2. The molecule has 148 valence electrons. The Kier molecular flexibility index (Phi) is 5.15. The number of methoxy groups -OCH3 is 1. The molecule has 6 heteroatoms. The summed E-state index contributed by atoms with van der Waals surface area (Å²) in [5.74, 6) is -0.0898. The molecular formula is C22H25ClN2O3. The second-order valence-corrected chi connectivity index (χ2v) is 8.64. The predicted molar refractivity (Wildman–Crippen MR) is 114 cm³/mol. The van der Waals surface area contributed by atoms with E-state index in [2.05, 4.69) is 5.32 Å². The highest BCUT2D eigenvalue weighted by Crippen LogP contribution is 2.40. The van der Waals surface area contributed by atoms with E-state index >= 15 is 0 Å². The minimum atomic E-state index is -0.903. The van der Waals surface area contributed by atoms with E-state index in [0.29, 0.717) is 11.6 Å². The fraction of sp³-hybridized carbons (Fsp3) is 0.364. The van der Waals surface area contributed by atoms with Crippen LogP contribution in [-0.4, -0.2) is 29.7 Å². The van der Waals surface area contributed by atoms with Crippen molar-refractivity contribution in [3.05, 3.63) is 41.4 Å². The molecule has 1 aromatic heterocycles. The third-order valence-electron chi connectivity index (χ3n) is 5.88. The highest BCUT2D eigenvalue weighted by molar-refractivity contribution is 6.31. The summed E-state index contributed by atoms with van der Waals surface area (Å²) in [4.78, 5) is 16.5. The van der Waals surface area contributed by atoms with E-state index in [1.54, 1.807) is 21.0 Å². The SMILES string of the molecule is COc1ccc2nc3cc(Cl)ccc3c(NCC(C)(C)C(C)(C)C(=O)O)c2c1. The standard InChI is InChI=1S/C22H25ClN2O3/c1-21(2,22(3,4)20(26)27)12-24-19-15-8-6-13(23)10-18(15)25-17-9-7-14(28-5)11-16(17)19/h6-11H,12H2,1-5H3,(H,24,25)(H,26,27). The van der Waals surface area contributed by atoms with Crippen LogP contribution >= 0.6 is 11.6 Å². The Morgan fingerprint density at radius 3 is 2.46 bits per heavy atom. The maximum atomic E-state index is 11.8. The number of aliphatic carboxylic acids is 1. The molecule has 0 radical (unpaired) electrons. The molecule has 0 atom stereocenters. The molecule has 1 heterocycles. The topological polar surface area (TPSA) is 71.5 Å². The van der Waals surface area contributed by atoms with Crippen molar-refractivity contribution in [3.8, 4) is 5.75 Å². The Morgan fingerprint density at radius 2 is 1.82 bits per heavy atom. The molecule has 0 unspecified atom stereocenters. The molecule has 3 rings (SSSR count). The van der Waals surface area contributed by atoms with Gasteiger partial charge in [-0.05, 0) is 55.7 Å². The first-order valence-electron chi connectivity index (χ1n) is 9.11. The van der Waals surface area contributed by atoms with Crippen molar-refractivity contribution in [2.45, 2.75) is 27.7 Å². The van der Waals surface area contributed by atoms with Gasteiger partial charge in [-0.25, -0.2) is 4.98 Å². The summed E-state index contributed by atoms with van der Waals surface area (Å²) in [5, 5.41) is 15.6. The van der Waals surface area contributed by atoms with Gasteiger partial charge in [0.1, 0.15) is 5.75 Å². The highest BCUT2D eigenvalue weighted by atomic mass is 35.5. The number of hydrogen-bond donors (Lipinski definition) is 2. The first-order chi connectivity index (χ1) is 13.1. The Balaban J connectivity index is 2.15. The largest absolute Gasteiger partial charge is 0.497 e. The number of rotatable bonds is 6. The first-order valence-corrected chi connectivity index (χ1v) is 9.49. The van der Waals surface area contributed by atoms with E-state index in [4.69, 9.17) is 21.3 Å². The third kappa shape index (κ3) is 3.47. The van der Waals surface area contributed by atoms with E-state index in [1.165, 1.54) is 0 Å². The lowest BCUT2D eigenvalue weighted by Crippen LogP contribution is -2.43. The van der Waals surface area contributed by atoms with Crippen LogP contribution < -0.4 is 10.1 Å². The molecule has 2 aromatic carbocycles. The summed E-state index contributed by atoms with van der Waals surface area (Å²) in [7, 11) is 1.63. The lowest BCUT2D eigenvalue weighted by molar-refractivity contribution is -0.153. The molecule has 2 N–H and O–H groups in total. The van der Waals surface area contributed by atoms with Gasteiger partial charge in [-0.3, -0.25) is 4.79 Å². The normalized spacial score (nSPS) is 12.4. The first kappa shape index (κ1) is 20.2. The Bertz CT molecular complexity index is 1060. The van der Waals surface area contributed by atoms with Crippen molar-refractivity contribution in [2.24, 2.45) is 10.8 Å². The van der Waals surface area contributed by atoms with E-state index in [1.807, 2.05) is 50.2 Å². The number of pyridine rings is 1. The molecule has 0 saturated heterocycles. The van der Waals surface area contributed by atoms with Gasteiger partial charge < -0.3 is 15.2 Å². The lowest BCUT2D eigenvalue weighted by atomic mass is 9.68. The Hall–Kier alpha value is -2.53. The number of carboxylic acid groups (broad SMARTS) is 1. The quantitative estimate of drug-likeness (QED) is 0.527. The molecule has 0 aliphatic heterocycles. The minimum absolute atomic E-state index is 0.473. The van der Waals surface area contributed by atoms with Gasteiger partial charge in [-0.2, -0.15) is 0 Å². The van der Waals surface area contributed by atoms with Crippen molar-refractivity contribution >= 4 is 45.1 Å². The van der Waals surface area contributed by atoms with Crippen LogP contribution in [-0.2, 0) is 4.79 Å². The van der Waals surface area contributed by atoms with Crippen LogP contribution in [0.2, 0.25) is 5.02 Å². The number of halogens is 1. The number of hydrogen-bond acceptors (Lipinski definition) is 4. The van der Waals surface area contributed by atoms with Crippen LogP contribution in [0.15, 0.2) is 36.4 Å². The van der Waals surface area contributed by atoms with Crippen molar-refractivity contribution in [1.82, 2.24) is 4.98 Å². The summed E-state index contributed by atoms with van der Waals surface area (Å²) in [6, 6.07) is 11.3. The second kappa shape index (κ2) is 7.13. The van der Waals surface area contributed by atoms with E-state index in [-0.39, 0.29) is 0 Å². The van der Waals surface area contributed by atoms with Gasteiger partial charge in [0.2, 0.25) is 0 Å². The van der Waals surface area contributed by atoms with E-state index in [0.717, 1.165) is 33.2 Å². The van der Waals surface area contributed by atoms with Crippen LogP contribution in [0, 0.1) is 10.8 Å². The highest BCUT2D eigenvalue weighted by Gasteiger charge is 2.43. The number of carbonyl (C=O) groups is 1. The van der Waals surface area contributed by atoms with E-state index in [9.17, 15) is 9.90 Å². The summed E-state index contributed by atoms with van der Waals surface area (Å²) >= 11 is 6.17. The molecule has 0 bridgehead atoms. The summed E-state index contributed by atoms with van der Waals surface area (Å²) in [5.41, 5.74) is 1.08. The van der Waals surface area contributed by atoms with Crippen molar-refractivity contribution < 1.29 is 14.6 Å². The van der Waals surface area contributed by atoms with Crippen LogP contribution in [0.25, 0.3) is 21.8 Å². The zero-order valence-corrected chi connectivity index (χ0v) is 17.5. The molecular weight excluding hydrogens is 376 g/mol. The monoisotopic (exact) mass is 400 g/mol. The Labute approximate surface area is 169 Å². The molecule has 0 aliphatic rings. The van der Waals surface area contributed by atoms with Crippen molar-refractivity contribution in [3.63, 3.8) is 0 Å². The van der Waals surface area contributed by atoms with Gasteiger partial charge in [0, 0.05) is 22.3 Å². The predicted octanol–water partition coefficient (Wildman–Crippen LogP) is 5.60. The van der Waals surface area contributed by atoms with Crippen molar-refractivity contribution in [2.75, 3.05) is 19.0 Å². The van der Waals surface area contributed by atoms with Gasteiger partial charge in [-0.15, -0.1) is 0 Å². The van der Waals surface area contributed by atoms with Crippen LogP contribution in [0.5, 0.6) is 5.75 Å². The van der Waals surface area contributed by atoms with Gasteiger partial charge in [-0.1, -0.05) is 25.4 Å². The number of anilines is 1. The van der Waals surface area contributed by atoms with Gasteiger partial charge in [0.05, 0.1) is 29.2 Å². The van der Waals surface area contributed by atoms with Crippen LogP contribution in [0.3, 0.4) is 0 Å². The van der Waals surface area contributed by atoms with Gasteiger partial charge in [0.25, 0.3) is 0 Å². The molecule has 0 fully saturated rings. The average Bonchev–Trinajstić information content (AvgIpc) is 2.64. The maximum absolute atomic E-state index is 11.8. The molecule has 3 aromatic rings. The second-order valence-electron chi connectivity index (χ2n) is 8.20. The average molecular weight is 401 g/mol. The summed E-state index contributed by atoms with van der Waals surface area (Å²) in [6.07, 6.45) is 0. The van der Waals surface area contributed by atoms with Gasteiger partial charge >= 0.3 is 5.97 Å². The zero-order valence-electron chi connectivity index (χ0n) is 16.8. The number of nitrogens with zero attached hydrogens (tertiary/aromatic N) is 1. The zero-order chi connectivity index (χ0) is 20.7.